The van der Waals surface area contributed by atoms with Gasteiger partial charge in [-0.25, -0.2) is 0 Å². The topological polar surface area (TPSA) is 102 Å². The Morgan fingerprint density at radius 3 is 2.47 bits per heavy atom. The number of hydrogen-bond acceptors (Lipinski definition) is 5. The molecule has 2 N–H and O–H groups in total. The van der Waals surface area contributed by atoms with Crippen molar-refractivity contribution in [1.82, 2.24) is 9.71 Å². The Kier molecular flexibility index (Phi) is 6.38. The van der Waals surface area contributed by atoms with Gasteiger partial charge in [-0.2, -0.15) is 0 Å². The molecule has 0 radical (unpaired) electrons. The van der Waals surface area contributed by atoms with Gasteiger partial charge in [0.15, 0.2) is 0 Å². The van der Waals surface area contributed by atoms with Crippen LogP contribution in [-0.2, 0) is 17.1 Å². The molecular formula is C9H9FeN3O4. The Bertz CT molecular complexity index is 496. The van der Waals surface area contributed by atoms with E-state index in [0.717, 1.165) is 12.4 Å². The van der Waals surface area contributed by atoms with Crippen molar-refractivity contribution in [2.24, 2.45) is 0 Å². The molecule has 92 valence electrons. The van der Waals surface area contributed by atoms with Crippen LogP contribution >= 0.6 is 0 Å². The van der Waals surface area contributed by atoms with Crippen molar-refractivity contribution in [2.45, 2.75) is 0 Å². The second kappa shape index (κ2) is 7.26. The maximum absolute atomic E-state index is 10.2. The van der Waals surface area contributed by atoms with E-state index < -0.39 is 5.56 Å². The summed E-state index contributed by atoms with van der Waals surface area (Å²) in [4.78, 5) is 13.6. The third-order valence-corrected chi connectivity index (χ3v) is 1.51. The first-order valence-electron chi connectivity index (χ1n) is 4.20. The van der Waals surface area contributed by atoms with Gasteiger partial charge in [0, 0.05) is 40.3 Å². The van der Waals surface area contributed by atoms with E-state index in [1.54, 1.807) is 12.1 Å². The summed E-state index contributed by atoms with van der Waals surface area (Å²) in [5, 5.41) is 27.4. The third-order valence-electron chi connectivity index (χ3n) is 1.51. The van der Waals surface area contributed by atoms with Gasteiger partial charge in [0.1, 0.15) is 0 Å². The van der Waals surface area contributed by atoms with Crippen molar-refractivity contribution in [2.75, 3.05) is 0 Å². The van der Waals surface area contributed by atoms with Gasteiger partial charge >= 0.3 is 5.88 Å². The predicted octanol–water partition coefficient (Wildman–Crippen LogP) is -0.496. The van der Waals surface area contributed by atoms with E-state index >= 15 is 0 Å². The van der Waals surface area contributed by atoms with Crippen LogP contribution in [0.1, 0.15) is 0 Å². The summed E-state index contributed by atoms with van der Waals surface area (Å²) in [5.74, 6) is -0.160. The van der Waals surface area contributed by atoms with Gasteiger partial charge in [-0.15, -0.1) is 0 Å². The zero-order valence-corrected chi connectivity index (χ0v) is 9.55. The maximum atomic E-state index is 10.2. The van der Waals surface area contributed by atoms with Crippen molar-refractivity contribution in [3.8, 4) is 5.88 Å². The summed E-state index contributed by atoms with van der Waals surface area (Å²) in [6.07, 6.45) is 4.62. The van der Waals surface area contributed by atoms with Gasteiger partial charge in [-0.05, 0) is 6.07 Å². The van der Waals surface area contributed by atoms with Crippen LogP contribution in [-0.4, -0.2) is 20.0 Å². The zero-order chi connectivity index (χ0) is 12.0. The molecule has 2 rings (SSSR count). The van der Waals surface area contributed by atoms with Crippen molar-refractivity contribution in [3.63, 3.8) is 0 Å². The third kappa shape index (κ3) is 5.00. The minimum absolute atomic E-state index is 0. The normalized spacial score (nSPS) is 8.47. The van der Waals surface area contributed by atoms with Crippen LogP contribution in [0.3, 0.4) is 0 Å². The molecule has 0 atom stereocenters. The van der Waals surface area contributed by atoms with E-state index in [4.69, 9.17) is 10.3 Å². The molecule has 0 saturated heterocycles. The minimum atomic E-state index is -0.632. The molecule has 2 heterocycles. The molecule has 2 aromatic rings. The Labute approximate surface area is 107 Å². The summed E-state index contributed by atoms with van der Waals surface area (Å²) < 4.78 is 0.854. The number of rotatable bonds is 0. The summed E-state index contributed by atoms with van der Waals surface area (Å²) >= 11 is 0. The van der Waals surface area contributed by atoms with E-state index in [-0.39, 0.29) is 27.7 Å². The molecule has 0 aromatic carbocycles. The van der Waals surface area contributed by atoms with Crippen molar-refractivity contribution in [3.05, 3.63) is 58.5 Å². The number of aromatic hydroxyl groups is 1. The number of hydrogen-bond donors (Lipinski definition) is 2. The molecule has 0 spiro atoms. The molecule has 0 fully saturated rings. The van der Waals surface area contributed by atoms with E-state index in [1.807, 2.05) is 0 Å². The van der Waals surface area contributed by atoms with E-state index in [1.165, 1.54) is 18.5 Å². The first kappa shape index (κ1) is 14.9. The van der Waals surface area contributed by atoms with Crippen LogP contribution in [0, 0.1) is 5.21 Å². The van der Waals surface area contributed by atoms with Crippen LogP contribution in [0.2, 0.25) is 0 Å². The Morgan fingerprint density at radius 1 is 1.41 bits per heavy atom. The molecule has 0 amide bonds. The Hall–Kier alpha value is -2.05. The van der Waals surface area contributed by atoms with Crippen molar-refractivity contribution >= 4 is 0 Å². The Balaban J connectivity index is 0.000000284. The molecule has 17 heavy (non-hydrogen) atoms. The van der Waals surface area contributed by atoms with E-state index in [9.17, 15) is 10.0 Å². The standard InChI is InChI=1S/C5H5NO2.C4H3N2O2.Fe/c7-5-3-1-2-4-6(5)8;7-4-3-5-1-2-6(4)8;/h1-4,8H;1-3H;/q;-1;/p+1. The average Bonchev–Trinajstić information content (AvgIpc) is 2.28. The fourth-order valence-electron chi connectivity index (χ4n) is 0.762. The molecule has 0 bridgehead atoms. The van der Waals surface area contributed by atoms with Crippen LogP contribution in [0.15, 0.2) is 47.8 Å². The van der Waals surface area contributed by atoms with Gasteiger partial charge in [0.25, 0.3) is 5.56 Å². The molecule has 0 saturated carbocycles. The second-order valence-corrected chi connectivity index (χ2v) is 2.64. The molecule has 7 nitrogen and oxygen atoms in total. The van der Waals surface area contributed by atoms with Crippen molar-refractivity contribution in [1.29, 1.82) is 0 Å². The molecule has 8 heteroatoms. The van der Waals surface area contributed by atoms with Gasteiger partial charge in [0.2, 0.25) is 6.20 Å². The molecule has 2 aromatic heterocycles. The van der Waals surface area contributed by atoms with Gasteiger partial charge in [0.05, 0.1) is 12.3 Å². The second-order valence-electron chi connectivity index (χ2n) is 2.64. The van der Waals surface area contributed by atoms with Gasteiger partial charge in [-0.3, -0.25) is 15.0 Å². The summed E-state index contributed by atoms with van der Waals surface area (Å²) in [7, 11) is 0. The van der Waals surface area contributed by atoms with Crippen LogP contribution in [0.5, 0.6) is 5.88 Å². The fourth-order valence-corrected chi connectivity index (χ4v) is 0.762. The van der Waals surface area contributed by atoms with E-state index in [2.05, 4.69) is 4.98 Å². The number of nitrogens with zero attached hydrogens (tertiary/aromatic N) is 3. The van der Waals surface area contributed by atoms with Gasteiger partial charge < -0.3 is 15.0 Å². The molecule has 0 aliphatic carbocycles. The van der Waals surface area contributed by atoms with Gasteiger partial charge in [-0.1, -0.05) is 0 Å². The van der Waals surface area contributed by atoms with Crippen molar-refractivity contribution < 1.29 is 32.1 Å². The number of pyridine rings is 1. The predicted molar refractivity (Wildman–Crippen MR) is 52.7 cm³/mol. The quantitative estimate of drug-likeness (QED) is 0.384. The van der Waals surface area contributed by atoms with Crippen LogP contribution in [0.25, 0.3) is 0 Å². The molecule has 0 unspecified atom stereocenters. The smallest absolute Gasteiger partial charge is 0.414 e. The average molecular weight is 279 g/mol. The molecule has 0 aliphatic heterocycles. The first-order chi connectivity index (χ1) is 7.61. The summed E-state index contributed by atoms with van der Waals surface area (Å²) in [5.41, 5.74) is -0.632. The first-order valence-corrected chi connectivity index (χ1v) is 4.20. The van der Waals surface area contributed by atoms with Crippen LogP contribution in [0.4, 0.5) is 0 Å². The number of aromatic nitrogens is 3. The van der Waals surface area contributed by atoms with Crippen LogP contribution < -0.4 is 10.3 Å². The minimum Gasteiger partial charge on any atom is -0.803 e. The monoisotopic (exact) mass is 279 g/mol. The molecular weight excluding hydrogens is 270 g/mol. The maximum Gasteiger partial charge on any atom is 0.414 e. The summed E-state index contributed by atoms with van der Waals surface area (Å²) in [6, 6.07) is 4.63. The molecule has 0 aliphatic rings. The largest absolute Gasteiger partial charge is 0.803 e. The summed E-state index contributed by atoms with van der Waals surface area (Å²) in [6.45, 7) is 0. The zero-order valence-electron chi connectivity index (χ0n) is 8.45. The SMILES string of the molecule is O=c1cnccn1[O-].Oc1cccc[n+]1O.[Fe]. The fraction of sp³-hybridized carbons (Fsp3) is 0. The van der Waals surface area contributed by atoms with E-state index in [0.29, 0.717) is 4.73 Å². The Morgan fingerprint density at radius 2 is 2.12 bits per heavy atom.